The van der Waals surface area contributed by atoms with Crippen LogP contribution in [0, 0.1) is 0 Å². The average Bonchev–Trinajstić information content (AvgIpc) is 3.32. The number of nitrogens with zero attached hydrogens (tertiary/aromatic N) is 3. The van der Waals surface area contributed by atoms with Gasteiger partial charge < -0.3 is 0 Å². The molecule has 0 N–H and O–H groups in total. The summed E-state index contributed by atoms with van der Waals surface area (Å²) in [7, 11) is 0. The van der Waals surface area contributed by atoms with Crippen LogP contribution in [0.3, 0.4) is 0 Å². The van der Waals surface area contributed by atoms with Gasteiger partial charge in [-0.25, -0.2) is 4.98 Å². The maximum Gasteiger partial charge on any atom is 0.266 e. The molecule has 28 heavy (non-hydrogen) atoms. The number of aliphatic imine (C=N–C) groups is 1. The highest BCUT2D eigenvalue weighted by molar-refractivity contribution is 8.18. The van der Waals surface area contributed by atoms with Gasteiger partial charge in [0.1, 0.15) is 0 Å². The van der Waals surface area contributed by atoms with Gasteiger partial charge in [-0.2, -0.15) is 4.99 Å². The van der Waals surface area contributed by atoms with Gasteiger partial charge in [-0.05, 0) is 48.7 Å². The van der Waals surface area contributed by atoms with Crippen LogP contribution >= 0.6 is 23.1 Å². The fourth-order valence-electron chi connectivity index (χ4n) is 3.64. The maximum atomic E-state index is 13.2. The molecule has 4 nitrogen and oxygen atoms in total. The molecule has 1 aromatic heterocycles. The quantitative estimate of drug-likeness (QED) is 0.580. The maximum absolute atomic E-state index is 13.2. The van der Waals surface area contributed by atoms with Gasteiger partial charge >= 0.3 is 0 Å². The summed E-state index contributed by atoms with van der Waals surface area (Å²) in [4.78, 5) is 24.9. The zero-order valence-electron chi connectivity index (χ0n) is 15.9. The van der Waals surface area contributed by atoms with E-state index in [1.54, 1.807) is 6.20 Å². The molecular formula is C22H23N3OS2. The van der Waals surface area contributed by atoms with Gasteiger partial charge in [-0.15, -0.1) is 11.3 Å². The molecule has 1 aliphatic carbocycles. The van der Waals surface area contributed by atoms with E-state index in [9.17, 15) is 4.79 Å². The molecule has 0 unspecified atom stereocenters. The van der Waals surface area contributed by atoms with E-state index in [0.717, 1.165) is 34.1 Å². The number of thioether (sulfide) groups is 1. The standard InChI is InChI=1S/C22H23N3OS2/c1-16(14-17-8-4-2-5-9-17)15-19-20(26)25(18-10-6-3-7-11-18)22(28-19)24-21-23-12-13-27-21/h2,4-5,8-9,12-15,18H,3,6-7,10-11H2,1H3/b16-14+,19-15-,24-22+. The lowest BCUT2D eigenvalue weighted by Crippen LogP contribution is -2.40. The first-order chi connectivity index (χ1) is 13.7. The molecule has 2 heterocycles. The van der Waals surface area contributed by atoms with Crippen LogP contribution < -0.4 is 0 Å². The van der Waals surface area contributed by atoms with E-state index < -0.39 is 0 Å². The van der Waals surface area contributed by atoms with Crippen LogP contribution in [-0.4, -0.2) is 27.0 Å². The monoisotopic (exact) mass is 409 g/mol. The van der Waals surface area contributed by atoms with Crippen molar-refractivity contribution in [2.24, 2.45) is 4.99 Å². The van der Waals surface area contributed by atoms with Crippen LogP contribution in [0.25, 0.3) is 6.08 Å². The van der Waals surface area contributed by atoms with Crippen molar-refractivity contribution in [3.8, 4) is 0 Å². The van der Waals surface area contributed by atoms with E-state index in [2.05, 4.69) is 23.2 Å². The molecule has 0 spiro atoms. The number of aromatic nitrogens is 1. The van der Waals surface area contributed by atoms with E-state index in [1.807, 2.05) is 41.5 Å². The lowest BCUT2D eigenvalue weighted by molar-refractivity contribution is -0.124. The first-order valence-electron chi connectivity index (χ1n) is 9.65. The Labute approximate surface area is 174 Å². The number of thiazole rings is 1. The molecule has 0 bridgehead atoms. The van der Waals surface area contributed by atoms with Crippen molar-refractivity contribution in [3.05, 3.63) is 64.0 Å². The molecule has 1 aliphatic heterocycles. The minimum absolute atomic E-state index is 0.0769. The molecule has 1 amide bonds. The smallest absolute Gasteiger partial charge is 0.266 e. The van der Waals surface area contributed by atoms with E-state index in [0.29, 0.717) is 5.13 Å². The molecule has 2 fully saturated rings. The van der Waals surface area contributed by atoms with Gasteiger partial charge in [0.25, 0.3) is 5.91 Å². The number of hydrogen-bond donors (Lipinski definition) is 0. The van der Waals surface area contributed by atoms with Crippen LogP contribution in [0.1, 0.15) is 44.6 Å². The number of hydrogen-bond acceptors (Lipinski definition) is 5. The number of benzene rings is 1. The van der Waals surface area contributed by atoms with Crippen molar-refractivity contribution in [1.29, 1.82) is 0 Å². The molecule has 0 atom stereocenters. The zero-order chi connectivity index (χ0) is 19.3. The number of allylic oxidation sites excluding steroid dienone is 2. The van der Waals surface area contributed by atoms with Crippen molar-refractivity contribution in [3.63, 3.8) is 0 Å². The lowest BCUT2D eigenvalue weighted by atomic mass is 9.94. The highest BCUT2D eigenvalue weighted by atomic mass is 32.2. The summed E-state index contributed by atoms with van der Waals surface area (Å²) >= 11 is 2.97. The number of carbonyl (C=O) groups excluding carboxylic acids is 1. The third-order valence-corrected chi connectivity index (χ3v) is 6.59. The normalized spacial score (nSPS) is 21.8. The third-order valence-electron chi connectivity index (χ3n) is 4.94. The second kappa shape index (κ2) is 8.88. The molecule has 1 saturated heterocycles. The van der Waals surface area contributed by atoms with Crippen LogP contribution in [0.15, 0.2) is 63.5 Å². The molecule has 0 radical (unpaired) electrons. The van der Waals surface area contributed by atoms with Crippen molar-refractivity contribution < 1.29 is 4.79 Å². The SMILES string of the molecule is CC(/C=C1\S/C(=N/c2nccs2)N(C2CCCCC2)C1=O)=C\c1ccccc1. The van der Waals surface area contributed by atoms with Gasteiger partial charge in [0, 0.05) is 17.6 Å². The molecule has 1 saturated carbocycles. The summed E-state index contributed by atoms with van der Waals surface area (Å²) < 4.78 is 0. The van der Waals surface area contributed by atoms with E-state index >= 15 is 0 Å². The first-order valence-corrected chi connectivity index (χ1v) is 11.3. The summed E-state index contributed by atoms with van der Waals surface area (Å²) in [5, 5.41) is 3.38. The topological polar surface area (TPSA) is 45.6 Å². The Morgan fingerprint density at radius 1 is 1.21 bits per heavy atom. The predicted octanol–water partition coefficient (Wildman–Crippen LogP) is 6.03. The largest absolute Gasteiger partial charge is 0.283 e. The molecule has 2 aliphatic rings. The Balaban J connectivity index is 1.64. The molecule has 1 aromatic carbocycles. The highest BCUT2D eigenvalue weighted by Crippen LogP contribution is 2.38. The van der Waals surface area contributed by atoms with Crippen molar-refractivity contribution >= 4 is 45.4 Å². The molecule has 6 heteroatoms. The summed E-state index contributed by atoms with van der Waals surface area (Å²) in [5.41, 5.74) is 2.19. The summed E-state index contributed by atoms with van der Waals surface area (Å²) in [6, 6.07) is 10.4. The Hall–Kier alpha value is -2.18. The number of carbonyl (C=O) groups is 1. The van der Waals surface area contributed by atoms with Crippen molar-refractivity contribution in [2.45, 2.75) is 45.1 Å². The fourth-order valence-corrected chi connectivity index (χ4v) is 5.29. The summed E-state index contributed by atoms with van der Waals surface area (Å²) in [6.45, 7) is 2.04. The Kier molecular flexibility index (Phi) is 6.07. The highest BCUT2D eigenvalue weighted by Gasteiger charge is 2.38. The van der Waals surface area contributed by atoms with Crippen molar-refractivity contribution in [1.82, 2.24) is 9.88 Å². The second-order valence-electron chi connectivity index (χ2n) is 7.09. The van der Waals surface area contributed by atoms with Gasteiger partial charge in [-0.3, -0.25) is 9.69 Å². The summed E-state index contributed by atoms with van der Waals surface area (Å²) in [6.07, 6.45) is 11.5. The fraction of sp³-hybridized carbons (Fsp3) is 0.318. The number of rotatable bonds is 4. The van der Waals surface area contributed by atoms with Gasteiger partial charge in [0.05, 0.1) is 4.91 Å². The van der Waals surface area contributed by atoms with Gasteiger partial charge in [-0.1, -0.05) is 55.7 Å². The molecule has 4 rings (SSSR count). The van der Waals surface area contributed by atoms with E-state index in [-0.39, 0.29) is 11.9 Å². The minimum Gasteiger partial charge on any atom is -0.283 e. The Morgan fingerprint density at radius 2 is 2.00 bits per heavy atom. The van der Waals surface area contributed by atoms with Crippen LogP contribution in [-0.2, 0) is 4.79 Å². The predicted molar refractivity (Wildman–Crippen MR) is 119 cm³/mol. The van der Waals surface area contributed by atoms with E-state index in [4.69, 9.17) is 4.99 Å². The average molecular weight is 410 g/mol. The summed E-state index contributed by atoms with van der Waals surface area (Å²) in [5.74, 6) is 0.0769. The van der Waals surface area contributed by atoms with Crippen LogP contribution in [0.5, 0.6) is 0 Å². The molecule has 144 valence electrons. The Bertz CT molecular complexity index is 911. The number of amides is 1. The Morgan fingerprint density at radius 3 is 2.71 bits per heavy atom. The van der Waals surface area contributed by atoms with E-state index in [1.165, 1.54) is 42.4 Å². The van der Waals surface area contributed by atoms with Gasteiger partial charge in [0.2, 0.25) is 5.13 Å². The van der Waals surface area contributed by atoms with Crippen LogP contribution in [0.4, 0.5) is 5.13 Å². The van der Waals surface area contributed by atoms with Gasteiger partial charge in [0.15, 0.2) is 5.17 Å². The number of amidine groups is 1. The second-order valence-corrected chi connectivity index (χ2v) is 8.97. The molecule has 2 aromatic rings. The van der Waals surface area contributed by atoms with Crippen LogP contribution in [0.2, 0.25) is 0 Å². The first kappa shape index (κ1) is 19.2. The zero-order valence-corrected chi connectivity index (χ0v) is 17.5. The van der Waals surface area contributed by atoms with Crippen molar-refractivity contribution in [2.75, 3.05) is 0 Å². The molecular weight excluding hydrogens is 386 g/mol. The third kappa shape index (κ3) is 4.45. The minimum atomic E-state index is 0.0769. The lowest BCUT2D eigenvalue weighted by Gasteiger charge is -2.30.